The Morgan fingerprint density at radius 1 is 0.878 bits per heavy atom. The number of carbonyl (C=O) groups excluding carboxylic acids is 2. The van der Waals surface area contributed by atoms with Crippen LogP contribution in [-0.2, 0) is 26.2 Å². The molecule has 1 fully saturated rings. The number of hydrogen-bond donors (Lipinski definition) is 1. The number of rotatable bonds is 10. The Bertz CT molecular complexity index is 1450. The van der Waals surface area contributed by atoms with E-state index in [1.54, 1.807) is 43.3 Å². The summed E-state index contributed by atoms with van der Waals surface area (Å²) in [6.07, 6.45) is 5.19. The molecule has 218 valence electrons. The van der Waals surface area contributed by atoms with E-state index in [4.69, 9.17) is 0 Å². The van der Waals surface area contributed by atoms with E-state index in [-0.39, 0.29) is 23.4 Å². The Hall–Kier alpha value is -3.65. The van der Waals surface area contributed by atoms with Crippen LogP contribution < -0.4 is 9.62 Å². The summed E-state index contributed by atoms with van der Waals surface area (Å²) in [7, 11) is -4.09. The van der Waals surface area contributed by atoms with Crippen LogP contribution in [0.2, 0.25) is 0 Å². The molecule has 2 amide bonds. The van der Waals surface area contributed by atoms with E-state index in [2.05, 4.69) is 5.32 Å². The summed E-state index contributed by atoms with van der Waals surface area (Å²) >= 11 is 0. The summed E-state index contributed by atoms with van der Waals surface area (Å²) in [5.41, 5.74) is 4.13. The topological polar surface area (TPSA) is 86.8 Å². The first-order chi connectivity index (χ1) is 19.6. The van der Waals surface area contributed by atoms with Crippen LogP contribution in [0, 0.1) is 20.8 Å². The molecule has 41 heavy (non-hydrogen) atoms. The van der Waals surface area contributed by atoms with Crippen molar-refractivity contribution in [2.45, 2.75) is 83.3 Å². The molecular formula is C33H41N3O4S. The monoisotopic (exact) mass is 575 g/mol. The highest BCUT2D eigenvalue weighted by molar-refractivity contribution is 7.92. The number of nitrogens with zero attached hydrogens (tertiary/aromatic N) is 2. The van der Waals surface area contributed by atoms with Crippen LogP contribution in [0.5, 0.6) is 0 Å². The molecular weight excluding hydrogens is 534 g/mol. The van der Waals surface area contributed by atoms with Crippen molar-refractivity contribution in [1.29, 1.82) is 0 Å². The summed E-state index contributed by atoms with van der Waals surface area (Å²) in [5.74, 6) is -0.672. The summed E-state index contributed by atoms with van der Waals surface area (Å²) in [6, 6.07) is 20.7. The van der Waals surface area contributed by atoms with Crippen LogP contribution in [0.4, 0.5) is 5.69 Å². The van der Waals surface area contributed by atoms with E-state index >= 15 is 0 Å². The quantitative estimate of drug-likeness (QED) is 0.337. The molecule has 0 bridgehead atoms. The average molecular weight is 576 g/mol. The number of anilines is 1. The second-order valence-electron chi connectivity index (χ2n) is 11.1. The van der Waals surface area contributed by atoms with Gasteiger partial charge in [-0.2, -0.15) is 0 Å². The van der Waals surface area contributed by atoms with Crippen LogP contribution in [0.3, 0.4) is 0 Å². The molecule has 1 atom stereocenters. The van der Waals surface area contributed by atoms with Crippen LogP contribution in [0.15, 0.2) is 77.7 Å². The van der Waals surface area contributed by atoms with Crippen molar-refractivity contribution in [1.82, 2.24) is 10.2 Å². The van der Waals surface area contributed by atoms with Crippen LogP contribution in [-0.4, -0.2) is 43.8 Å². The molecule has 7 nitrogen and oxygen atoms in total. The molecule has 0 saturated heterocycles. The van der Waals surface area contributed by atoms with Crippen molar-refractivity contribution in [2.24, 2.45) is 0 Å². The van der Waals surface area contributed by atoms with E-state index < -0.39 is 28.5 Å². The van der Waals surface area contributed by atoms with Crippen molar-refractivity contribution in [3.8, 4) is 0 Å². The lowest BCUT2D eigenvalue weighted by Crippen LogP contribution is -2.53. The van der Waals surface area contributed by atoms with Crippen molar-refractivity contribution in [3.63, 3.8) is 0 Å². The number of amides is 2. The molecule has 0 radical (unpaired) electrons. The molecule has 0 aromatic heterocycles. The van der Waals surface area contributed by atoms with Gasteiger partial charge in [-0.05, 0) is 81.5 Å². The molecule has 1 unspecified atom stereocenters. The van der Waals surface area contributed by atoms with E-state index in [1.165, 1.54) is 11.3 Å². The molecule has 4 rings (SSSR count). The zero-order valence-corrected chi connectivity index (χ0v) is 25.3. The normalized spacial score (nSPS) is 14.7. The zero-order chi connectivity index (χ0) is 29.6. The van der Waals surface area contributed by atoms with Gasteiger partial charge in [0, 0.05) is 12.6 Å². The minimum absolute atomic E-state index is 0.0984. The van der Waals surface area contributed by atoms with Crippen molar-refractivity contribution < 1.29 is 18.0 Å². The Balaban J connectivity index is 1.68. The second-order valence-corrected chi connectivity index (χ2v) is 13.0. The summed E-state index contributed by atoms with van der Waals surface area (Å²) in [4.78, 5) is 29.1. The highest BCUT2D eigenvalue weighted by Crippen LogP contribution is 2.27. The molecule has 8 heteroatoms. The fourth-order valence-corrected chi connectivity index (χ4v) is 6.58. The predicted octanol–water partition coefficient (Wildman–Crippen LogP) is 5.67. The number of carbonyl (C=O) groups is 2. The van der Waals surface area contributed by atoms with Crippen molar-refractivity contribution >= 4 is 27.5 Å². The van der Waals surface area contributed by atoms with Gasteiger partial charge in [-0.1, -0.05) is 73.4 Å². The van der Waals surface area contributed by atoms with E-state index in [0.717, 1.165) is 52.2 Å². The maximum absolute atomic E-state index is 14.1. The third-order valence-electron chi connectivity index (χ3n) is 7.98. The zero-order valence-electron chi connectivity index (χ0n) is 24.5. The maximum Gasteiger partial charge on any atom is 0.264 e. The van der Waals surface area contributed by atoms with Gasteiger partial charge < -0.3 is 10.2 Å². The first kappa shape index (κ1) is 30.3. The van der Waals surface area contributed by atoms with Gasteiger partial charge in [-0.3, -0.25) is 13.9 Å². The molecule has 3 aromatic carbocycles. The number of hydrogen-bond acceptors (Lipinski definition) is 4. The van der Waals surface area contributed by atoms with E-state index in [1.807, 2.05) is 57.2 Å². The smallest absolute Gasteiger partial charge is 0.264 e. The Kier molecular flexibility index (Phi) is 9.86. The van der Waals surface area contributed by atoms with Gasteiger partial charge >= 0.3 is 0 Å². The summed E-state index contributed by atoms with van der Waals surface area (Å²) < 4.78 is 29.2. The van der Waals surface area contributed by atoms with Gasteiger partial charge in [-0.15, -0.1) is 0 Å². The molecule has 1 aliphatic carbocycles. The van der Waals surface area contributed by atoms with Gasteiger partial charge in [0.1, 0.15) is 12.6 Å². The second kappa shape index (κ2) is 13.3. The number of aryl methyl sites for hydroxylation is 3. The minimum Gasteiger partial charge on any atom is -0.352 e. The Morgan fingerprint density at radius 2 is 1.54 bits per heavy atom. The van der Waals surface area contributed by atoms with Crippen LogP contribution in [0.25, 0.3) is 0 Å². The molecule has 1 aliphatic rings. The van der Waals surface area contributed by atoms with E-state index in [0.29, 0.717) is 5.69 Å². The molecule has 1 saturated carbocycles. The molecule has 1 N–H and O–H groups in total. The fourth-order valence-electron chi connectivity index (χ4n) is 5.18. The largest absolute Gasteiger partial charge is 0.352 e. The van der Waals surface area contributed by atoms with Crippen molar-refractivity contribution in [3.05, 3.63) is 95.1 Å². The first-order valence-corrected chi connectivity index (χ1v) is 15.8. The molecule has 0 spiro atoms. The standard InChI is InChI=1S/C33H41N3O4S/c1-24-15-19-31(20-16-24)41(39,40)36(30-18-17-25(2)26(3)21-30)23-32(37)35(22-28-11-7-5-8-12-28)27(4)33(38)34-29-13-9-6-10-14-29/h5,7-8,11-12,15-21,27,29H,6,9-10,13-14,22-23H2,1-4H3,(H,34,38). The number of sulfonamides is 1. The van der Waals surface area contributed by atoms with Crippen LogP contribution >= 0.6 is 0 Å². The third kappa shape index (κ3) is 7.55. The minimum atomic E-state index is -4.09. The molecule has 0 aliphatic heterocycles. The lowest BCUT2D eigenvalue weighted by atomic mass is 9.95. The Labute approximate surface area is 244 Å². The SMILES string of the molecule is Cc1ccc(S(=O)(=O)N(CC(=O)N(Cc2ccccc2)C(C)C(=O)NC2CCCCC2)c2ccc(C)c(C)c2)cc1. The average Bonchev–Trinajstić information content (AvgIpc) is 2.97. The maximum atomic E-state index is 14.1. The number of nitrogens with one attached hydrogen (secondary N) is 1. The highest BCUT2D eigenvalue weighted by atomic mass is 32.2. The lowest BCUT2D eigenvalue weighted by molar-refractivity contribution is -0.139. The lowest BCUT2D eigenvalue weighted by Gasteiger charge is -2.33. The van der Waals surface area contributed by atoms with Crippen molar-refractivity contribution in [2.75, 3.05) is 10.8 Å². The van der Waals surface area contributed by atoms with Gasteiger partial charge in [0.2, 0.25) is 11.8 Å². The predicted molar refractivity (Wildman–Crippen MR) is 163 cm³/mol. The highest BCUT2D eigenvalue weighted by Gasteiger charge is 2.33. The fraction of sp³-hybridized carbons (Fsp3) is 0.394. The van der Waals surface area contributed by atoms with Gasteiger partial charge in [-0.25, -0.2) is 8.42 Å². The molecule has 3 aromatic rings. The summed E-state index contributed by atoms with van der Waals surface area (Å²) in [6.45, 7) is 7.22. The number of benzene rings is 3. The first-order valence-electron chi connectivity index (χ1n) is 14.4. The van der Waals surface area contributed by atoms with E-state index in [9.17, 15) is 18.0 Å². The van der Waals surface area contributed by atoms with Crippen LogP contribution in [0.1, 0.15) is 61.3 Å². The van der Waals surface area contributed by atoms with Gasteiger partial charge in [0.05, 0.1) is 10.6 Å². The molecule has 0 heterocycles. The third-order valence-corrected chi connectivity index (χ3v) is 9.77. The van der Waals surface area contributed by atoms with Gasteiger partial charge in [0.25, 0.3) is 10.0 Å². The van der Waals surface area contributed by atoms with Gasteiger partial charge in [0.15, 0.2) is 0 Å². The summed E-state index contributed by atoms with van der Waals surface area (Å²) in [5, 5.41) is 3.14. The Morgan fingerprint density at radius 3 is 2.17 bits per heavy atom.